The molecule has 6 heteroatoms. The van der Waals surface area contributed by atoms with E-state index < -0.39 is 26.5 Å². The van der Waals surface area contributed by atoms with Crippen LogP contribution in [-0.4, -0.2) is 23.9 Å². The van der Waals surface area contributed by atoms with Crippen LogP contribution in [-0.2, 0) is 10.1 Å². The van der Waals surface area contributed by atoms with Crippen LogP contribution in [0.25, 0.3) is 10.8 Å². The number of hydrogen-bond acceptors (Lipinski definition) is 4. The third kappa shape index (κ3) is 2.09. The van der Waals surface area contributed by atoms with Crippen LogP contribution >= 0.6 is 0 Å². The van der Waals surface area contributed by atoms with E-state index in [9.17, 15) is 22.9 Å². The van der Waals surface area contributed by atoms with Crippen molar-refractivity contribution in [2.45, 2.75) is 11.8 Å². The van der Waals surface area contributed by atoms with Crippen molar-refractivity contribution in [2.75, 3.05) is 0 Å². The first kappa shape index (κ1) is 14.2. The zero-order valence-corrected chi connectivity index (χ0v) is 11.4. The highest BCUT2D eigenvalue weighted by molar-refractivity contribution is 7.86. The van der Waals surface area contributed by atoms with Gasteiger partial charge in [0.1, 0.15) is 10.6 Å². The van der Waals surface area contributed by atoms with Crippen molar-refractivity contribution in [1.82, 2.24) is 0 Å². The number of rotatable bonds is 3. The molecule has 0 aliphatic rings. The Balaban J connectivity index is 3.13. The lowest BCUT2D eigenvalue weighted by atomic mass is 9.96. The Hall–Kier alpha value is -2.18. The fourth-order valence-electron chi connectivity index (χ4n) is 2.23. The van der Waals surface area contributed by atoms with E-state index in [0.717, 1.165) is 6.08 Å². The molecule has 104 valence electrons. The molecule has 0 saturated carbocycles. The number of hydrogen-bond donors (Lipinski definition) is 2. The van der Waals surface area contributed by atoms with Gasteiger partial charge in [0.15, 0.2) is 5.78 Å². The molecule has 0 atom stereocenters. The number of carbonyl (C=O) groups is 1. The molecule has 2 rings (SSSR count). The molecule has 20 heavy (non-hydrogen) atoms. The number of carbonyl (C=O) groups excluding carboxylic acids is 1. The first-order valence-corrected chi connectivity index (χ1v) is 7.11. The summed E-state index contributed by atoms with van der Waals surface area (Å²) in [5.41, 5.74) is 0.252. The molecule has 0 fully saturated rings. The van der Waals surface area contributed by atoms with Gasteiger partial charge in [-0.15, -0.1) is 0 Å². The molecule has 0 aliphatic heterocycles. The predicted molar refractivity (Wildman–Crippen MR) is 74.7 cm³/mol. The largest absolute Gasteiger partial charge is 0.506 e. The molecule has 0 aliphatic carbocycles. The van der Waals surface area contributed by atoms with E-state index in [4.69, 9.17) is 0 Å². The molecular formula is C14H12O5S. The Morgan fingerprint density at radius 2 is 1.80 bits per heavy atom. The Labute approximate surface area is 115 Å². The minimum Gasteiger partial charge on any atom is -0.506 e. The molecule has 0 amide bonds. The molecule has 2 aromatic rings. The summed E-state index contributed by atoms with van der Waals surface area (Å²) in [4.78, 5) is 11.2. The van der Waals surface area contributed by atoms with Crippen molar-refractivity contribution in [3.63, 3.8) is 0 Å². The zero-order chi connectivity index (χ0) is 15.1. The van der Waals surface area contributed by atoms with Gasteiger partial charge in [-0.1, -0.05) is 30.8 Å². The van der Waals surface area contributed by atoms with E-state index in [1.807, 2.05) is 0 Å². The summed E-state index contributed by atoms with van der Waals surface area (Å²) in [6.07, 6.45) is 0.977. The maximum Gasteiger partial charge on any atom is 0.298 e. The van der Waals surface area contributed by atoms with Gasteiger partial charge in [0.05, 0.1) is 5.56 Å². The van der Waals surface area contributed by atoms with E-state index in [-0.39, 0.29) is 10.9 Å². The summed E-state index contributed by atoms with van der Waals surface area (Å²) in [5.74, 6) is -1.37. The standard InChI is InChI=1S/C14H12O5S/c1-3-11(15)12-8(2)9-6-4-5-7-10(9)14(13(12)16)20(17,18)19/h3-7,16H,1H2,2H3,(H,17,18,19). The third-order valence-corrected chi connectivity index (χ3v) is 4.02. The summed E-state index contributed by atoms with van der Waals surface area (Å²) in [6, 6.07) is 6.30. The lowest BCUT2D eigenvalue weighted by Crippen LogP contribution is -2.07. The van der Waals surface area contributed by atoms with Crippen molar-refractivity contribution >= 4 is 26.7 Å². The van der Waals surface area contributed by atoms with Gasteiger partial charge in [-0.2, -0.15) is 8.42 Å². The number of aromatic hydroxyl groups is 1. The molecule has 2 aromatic carbocycles. The Kier molecular flexibility index (Phi) is 3.37. The van der Waals surface area contributed by atoms with Gasteiger partial charge in [-0.3, -0.25) is 9.35 Å². The third-order valence-electron chi connectivity index (χ3n) is 3.09. The van der Waals surface area contributed by atoms with Crippen LogP contribution in [0, 0.1) is 6.92 Å². The van der Waals surface area contributed by atoms with Crippen molar-refractivity contribution in [3.8, 4) is 5.75 Å². The van der Waals surface area contributed by atoms with Crippen LogP contribution in [0.4, 0.5) is 0 Å². The van der Waals surface area contributed by atoms with Crippen LogP contribution in [0.5, 0.6) is 5.75 Å². The lowest BCUT2D eigenvalue weighted by Gasteiger charge is -2.13. The van der Waals surface area contributed by atoms with Gasteiger partial charge in [0.2, 0.25) is 0 Å². The maximum absolute atomic E-state index is 11.8. The number of fused-ring (bicyclic) bond motifs is 1. The van der Waals surface area contributed by atoms with E-state index in [1.54, 1.807) is 25.1 Å². The summed E-state index contributed by atoms with van der Waals surface area (Å²) in [7, 11) is -4.68. The average molecular weight is 292 g/mol. The first-order chi connectivity index (χ1) is 9.29. The molecule has 0 aromatic heterocycles. The average Bonchev–Trinajstić information content (AvgIpc) is 2.37. The van der Waals surface area contributed by atoms with Crippen molar-refractivity contribution in [2.24, 2.45) is 0 Å². The Bertz CT molecular complexity index is 834. The molecule has 0 bridgehead atoms. The highest BCUT2D eigenvalue weighted by Gasteiger charge is 2.26. The summed E-state index contributed by atoms with van der Waals surface area (Å²) in [5, 5.41) is 10.7. The van der Waals surface area contributed by atoms with Crippen LogP contribution < -0.4 is 0 Å². The number of ketones is 1. The molecule has 5 nitrogen and oxygen atoms in total. The fourth-order valence-corrected chi connectivity index (χ4v) is 3.03. The topological polar surface area (TPSA) is 91.7 Å². The molecule has 0 radical (unpaired) electrons. The molecule has 0 saturated heterocycles. The zero-order valence-electron chi connectivity index (χ0n) is 10.6. The van der Waals surface area contributed by atoms with Gasteiger partial charge < -0.3 is 5.11 Å². The second kappa shape index (κ2) is 4.73. The predicted octanol–water partition coefficient (Wildman–Crippen LogP) is 2.47. The summed E-state index contributed by atoms with van der Waals surface area (Å²) < 4.78 is 32.3. The summed E-state index contributed by atoms with van der Waals surface area (Å²) >= 11 is 0. The Morgan fingerprint density at radius 1 is 1.25 bits per heavy atom. The first-order valence-electron chi connectivity index (χ1n) is 5.67. The number of allylic oxidation sites excluding steroid dienone is 1. The highest BCUT2D eigenvalue weighted by atomic mass is 32.2. The monoisotopic (exact) mass is 292 g/mol. The smallest absolute Gasteiger partial charge is 0.298 e. The van der Waals surface area contributed by atoms with Gasteiger partial charge in [-0.25, -0.2) is 0 Å². The van der Waals surface area contributed by atoms with E-state index in [1.165, 1.54) is 6.07 Å². The van der Waals surface area contributed by atoms with Crippen molar-refractivity contribution in [3.05, 3.63) is 48.0 Å². The second-order valence-corrected chi connectivity index (χ2v) is 5.63. The van der Waals surface area contributed by atoms with E-state index in [0.29, 0.717) is 10.9 Å². The number of phenols is 1. The van der Waals surface area contributed by atoms with Gasteiger partial charge >= 0.3 is 0 Å². The number of benzene rings is 2. The van der Waals surface area contributed by atoms with Crippen molar-refractivity contribution in [1.29, 1.82) is 0 Å². The molecule has 2 N–H and O–H groups in total. The minimum absolute atomic E-state index is 0.158. The van der Waals surface area contributed by atoms with Crippen LogP contribution in [0.1, 0.15) is 15.9 Å². The van der Waals surface area contributed by atoms with Gasteiger partial charge in [0, 0.05) is 5.39 Å². The van der Waals surface area contributed by atoms with Crippen LogP contribution in [0.3, 0.4) is 0 Å². The maximum atomic E-state index is 11.8. The molecule has 0 unspecified atom stereocenters. The highest BCUT2D eigenvalue weighted by Crippen LogP contribution is 2.38. The van der Waals surface area contributed by atoms with Gasteiger partial charge in [0.25, 0.3) is 10.1 Å². The SMILES string of the molecule is C=CC(=O)c1c(O)c(S(=O)(=O)O)c2ccccc2c1C. The van der Waals surface area contributed by atoms with Crippen LogP contribution in [0.2, 0.25) is 0 Å². The molecular weight excluding hydrogens is 280 g/mol. The lowest BCUT2D eigenvalue weighted by molar-refractivity contribution is 0.104. The summed E-state index contributed by atoms with van der Waals surface area (Å²) in [6.45, 7) is 4.91. The van der Waals surface area contributed by atoms with Crippen LogP contribution in [0.15, 0.2) is 41.8 Å². The van der Waals surface area contributed by atoms with Gasteiger partial charge in [-0.05, 0) is 23.9 Å². The van der Waals surface area contributed by atoms with E-state index >= 15 is 0 Å². The molecule has 0 heterocycles. The second-order valence-electron chi connectivity index (χ2n) is 4.27. The Morgan fingerprint density at radius 3 is 2.30 bits per heavy atom. The number of phenolic OH excluding ortho intramolecular Hbond substituents is 1. The van der Waals surface area contributed by atoms with Crippen molar-refractivity contribution < 1.29 is 22.9 Å². The number of aryl methyl sites for hydroxylation is 1. The minimum atomic E-state index is -4.68. The quantitative estimate of drug-likeness (QED) is 0.515. The normalized spacial score (nSPS) is 11.5. The molecule has 0 spiro atoms. The van der Waals surface area contributed by atoms with E-state index in [2.05, 4.69) is 6.58 Å². The fraction of sp³-hybridized carbons (Fsp3) is 0.0714.